The highest BCUT2D eigenvalue weighted by Crippen LogP contribution is 2.32. The Morgan fingerprint density at radius 2 is 1.88 bits per heavy atom. The summed E-state index contributed by atoms with van der Waals surface area (Å²) in [7, 11) is 1.60. The lowest BCUT2D eigenvalue weighted by Gasteiger charge is -2.10. The molecule has 2 aromatic rings. The van der Waals surface area contributed by atoms with Crippen molar-refractivity contribution in [3.05, 3.63) is 57.0 Å². The molecule has 126 valence electrons. The lowest BCUT2D eigenvalue weighted by atomic mass is 10.1. The van der Waals surface area contributed by atoms with Gasteiger partial charge in [-0.2, -0.15) is 5.10 Å². The molecule has 0 spiro atoms. The maximum Gasteiger partial charge on any atom is 0.191 e. The smallest absolute Gasteiger partial charge is 0.191 e. The Morgan fingerprint density at radius 1 is 1.12 bits per heavy atom. The Balaban J connectivity index is 2.06. The molecule has 0 aliphatic heterocycles. The summed E-state index contributed by atoms with van der Waals surface area (Å²) in [4.78, 5) is 0. The molecule has 0 saturated heterocycles. The van der Waals surface area contributed by atoms with Crippen molar-refractivity contribution in [2.75, 3.05) is 12.4 Å². The van der Waals surface area contributed by atoms with Crippen LogP contribution in [0.15, 0.2) is 41.5 Å². The number of nitrogens with zero attached hydrogens (tertiary/aromatic N) is 1. The summed E-state index contributed by atoms with van der Waals surface area (Å²) in [5.74, 6) is 0.727. The molecule has 0 amide bonds. The maximum atomic E-state index is 6.18. The number of ether oxygens (including phenoxy) is 1. The molecule has 2 rings (SSSR count). The molecular weight excluding hydrogens is 389 g/mol. The maximum absolute atomic E-state index is 6.18. The van der Waals surface area contributed by atoms with E-state index >= 15 is 0 Å². The fraction of sp³-hybridized carbons (Fsp3) is 0.125. The van der Waals surface area contributed by atoms with E-state index in [9.17, 15) is 0 Å². The normalized spacial score (nSPS) is 11.1. The number of hydrazone groups is 1. The number of hydrogen-bond acceptors (Lipinski definition) is 3. The molecule has 2 aromatic carbocycles. The topological polar surface area (TPSA) is 45.6 Å². The number of hydrogen-bond donors (Lipinski definition) is 2. The molecular formula is C16H14Cl3N3OS. The largest absolute Gasteiger partial charge is 0.497 e. The first-order valence-corrected chi connectivity index (χ1v) is 8.35. The minimum absolute atomic E-state index is 0.294. The summed E-state index contributed by atoms with van der Waals surface area (Å²) in [6, 6.07) is 10.8. The van der Waals surface area contributed by atoms with Crippen LogP contribution in [0.3, 0.4) is 0 Å². The molecule has 0 bridgehead atoms. The first-order chi connectivity index (χ1) is 11.4. The highest BCUT2D eigenvalue weighted by Gasteiger charge is 2.11. The second-order valence-electron chi connectivity index (χ2n) is 4.72. The van der Waals surface area contributed by atoms with Crippen LogP contribution < -0.4 is 15.5 Å². The van der Waals surface area contributed by atoms with Gasteiger partial charge in [0.15, 0.2) is 5.11 Å². The number of thiocarbonyl (C=S) groups is 1. The Kier molecular flexibility index (Phi) is 6.69. The second-order valence-corrected chi connectivity index (χ2v) is 6.29. The molecule has 0 aliphatic carbocycles. The van der Waals surface area contributed by atoms with E-state index in [1.807, 2.05) is 24.3 Å². The van der Waals surface area contributed by atoms with Crippen molar-refractivity contribution in [3.8, 4) is 5.75 Å². The fourth-order valence-corrected chi connectivity index (χ4v) is 2.70. The first kappa shape index (κ1) is 18.8. The Bertz CT molecular complexity index is 796. The average Bonchev–Trinajstić information content (AvgIpc) is 2.58. The van der Waals surface area contributed by atoms with Gasteiger partial charge in [0, 0.05) is 17.3 Å². The molecule has 4 nitrogen and oxygen atoms in total. The summed E-state index contributed by atoms with van der Waals surface area (Å²) in [5, 5.41) is 8.58. The monoisotopic (exact) mass is 401 g/mol. The van der Waals surface area contributed by atoms with Crippen LogP contribution in [0.5, 0.6) is 5.75 Å². The molecule has 0 aliphatic rings. The van der Waals surface area contributed by atoms with Gasteiger partial charge in [-0.15, -0.1) is 0 Å². The molecule has 0 unspecified atom stereocenters. The number of benzene rings is 2. The van der Waals surface area contributed by atoms with Crippen molar-refractivity contribution < 1.29 is 4.74 Å². The second kappa shape index (κ2) is 8.53. The standard InChI is InChI=1S/C16H14Cl3N3OS/c1-9(12-6-7-13(17)15(19)14(12)18)21-22-16(24)20-10-4-3-5-11(8-10)23-2/h3-8H,1-2H3,(H2,20,22,24)/b21-9-. The Labute approximate surface area is 160 Å². The zero-order chi connectivity index (χ0) is 17.7. The van der Waals surface area contributed by atoms with Crippen LogP contribution in [0.25, 0.3) is 0 Å². The summed E-state index contributed by atoms with van der Waals surface area (Å²) >= 11 is 23.4. The van der Waals surface area contributed by atoms with Crippen molar-refractivity contribution in [3.63, 3.8) is 0 Å². The highest BCUT2D eigenvalue weighted by molar-refractivity contribution is 7.80. The average molecular weight is 403 g/mol. The summed E-state index contributed by atoms with van der Waals surface area (Å²) < 4.78 is 5.16. The van der Waals surface area contributed by atoms with E-state index in [0.29, 0.717) is 31.5 Å². The molecule has 0 radical (unpaired) electrons. The quantitative estimate of drug-likeness (QED) is 0.312. The predicted octanol–water partition coefficient (Wildman–Crippen LogP) is 5.37. The summed E-state index contributed by atoms with van der Waals surface area (Å²) in [6.07, 6.45) is 0. The van der Waals surface area contributed by atoms with E-state index in [1.165, 1.54) is 0 Å². The van der Waals surface area contributed by atoms with Gasteiger partial charge in [-0.1, -0.05) is 46.9 Å². The molecule has 0 aromatic heterocycles. The Morgan fingerprint density at radius 3 is 2.58 bits per heavy atom. The van der Waals surface area contributed by atoms with Crippen molar-refractivity contribution in [2.24, 2.45) is 5.10 Å². The zero-order valence-corrected chi connectivity index (χ0v) is 15.9. The van der Waals surface area contributed by atoms with E-state index < -0.39 is 0 Å². The molecule has 0 atom stereocenters. The van der Waals surface area contributed by atoms with Gasteiger partial charge in [0.25, 0.3) is 0 Å². The van der Waals surface area contributed by atoms with Gasteiger partial charge in [-0.25, -0.2) is 0 Å². The minimum atomic E-state index is 0.294. The van der Waals surface area contributed by atoms with E-state index in [1.54, 1.807) is 26.2 Å². The lowest BCUT2D eigenvalue weighted by Crippen LogP contribution is -2.25. The SMILES string of the molecule is COc1cccc(NC(=S)N/N=C(/C)c2ccc(Cl)c(Cl)c2Cl)c1. The number of nitrogens with one attached hydrogen (secondary N) is 2. The first-order valence-electron chi connectivity index (χ1n) is 6.81. The van der Waals surface area contributed by atoms with Crippen LogP contribution in [-0.4, -0.2) is 17.9 Å². The number of halogens is 3. The van der Waals surface area contributed by atoms with Crippen molar-refractivity contribution >= 4 is 63.5 Å². The van der Waals surface area contributed by atoms with Gasteiger partial charge in [-0.05, 0) is 37.3 Å². The van der Waals surface area contributed by atoms with Gasteiger partial charge >= 0.3 is 0 Å². The summed E-state index contributed by atoms with van der Waals surface area (Å²) in [6.45, 7) is 1.78. The third kappa shape index (κ3) is 4.74. The van der Waals surface area contributed by atoms with Gasteiger partial charge in [0.05, 0.1) is 27.9 Å². The van der Waals surface area contributed by atoms with Crippen molar-refractivity contribution in [1.29, 1.82) is 0 Å². The highest BCUT2D eigenvalue weighted by atomic mass is 35.5. The van der Waals surface area contributed by atoms with Gasteiger partial charge in [-0.3, -0.25) is 5.43 Å². The van der Waals surface area contributed by atoms with Crippen LogP contribution in [0.4, 0.5) is 5.69 Å². The van der Waals surface area contributed by atoms with Crippen molar-refractivity contribution in [1.82, 2.24) is 5.43 Å². The van der Waals surface area contributed by atoms with Crippen LogP contribution >= 0.6 is 47.0 Å². The van der Waals surface area contributed by atoms with E-state index in [2.05, 4.69) is 15.8 Å². The fourth-order valence-electron chi connectivity index (χ4n) is 1.86. The number of rotatable bonds is 4. The third-order valence-corrected chi connectivity index (χ3v) is 4.56. The Hall–Kier alpha value is -1.53. The molecule has 0 heterocycles. The lowest BCUT2D eigenvalue weighted by molar-refractivity contribution is 0.415. The van der Waals surface area contributed by atoms with Crippen LogP contribution in [0.2, 0.25) is 15.1 Å². The van der Waals surface area contributed by atoms with Crippen LogP contribution in [0.1, 0.15) is 12.5 Å². The van der Waals surface area contributed by atoms with E-state index in [0.717, 1.165) is 11.4 Å². The molecule has 24 heavy (non-hydrogen) atoms. The molecule has 0 saturated carbocycles. The van der Waals surface area contributed by atoms with Crippen LogP contribution in [-0.2, 0) is 0 Å². The van der Waals surface area contributed by atoms with Gasteiger partial charge in [0.2, 0.25) is 0 Å². The van der Waals surface area contributed by atoms with Crippen LogP contribution in [0, 0.1) is 0 Å². The molecule has 2 N–H and O–H groups in total. The molecule has 8 heteroatoms. The van der Waals surface area contributed by atoms with E-state index in [4.69, 9.17) is 51.8 Å². The number of methoxy groups -OCH3 is 1. The van der Waals surface area contributed by atoms with Gasteiger partial charge < -0.3 is 10.1 Å². The zero-order valence-electron chi connectivity index (χ0n) is 12.9. The third-order valence-electron chi connectivity index (χ3n) is 3.08. The van der Waals surface area contributed by atoms with Gasteiger partial charge in [0.1, 0.15) is 5.75 Å². The van der Waals surface area contributed by atoms with E-state index in [-0.39, 0.29) is 0 Å². The molecule has 0 fully saturated rings. The predicted molar refractivity (Wildman–Crippen MR) is 106 cm³/mol. The minimum Gasteiger partial charge on any atom is -0.497 e. The number of anilines is 1. The summed E-state index contributed by atoms with van der Waals surface area (Å²) in [5.41, 5.74) is 4.83. The van der Waals surface area contributed by atoms with Crippen molar-refractivity contribution in [2.45, 2.75) is 6.92 Å².